The summed E-state index contributed by atoms with van der Waals surface area (Å²) in [5, 5.41) is 12.1. The van der Waals surface area contributed by atoms with Crippen LogP contribution in [0.5, 0.6) is 11.5 Å². The van der Waals surface area contributed by atoms with Gasteiger partial charge in [-0.1, -0.05) is 30.0 Å². The first-order chi connectivity index (χ1) is 13.6. The van der Waals surface area contributed by atoms with Gasteiger partial charge in [0.1, 0.15) is 12.6 Å². The number of hydrogen-bond donors (Lipinski definition) is 1. The zero-order chi connectivity index (χ0) is 20.4. The van der Waals surface area contributed by atoms with E-state index in [1.165, 1.54) is 7.11 Å². The van der Waals surface area contributed by atoms with Crippen molar-refractivity contribution in [1.82, 2.24) is 5.32 Å². The van der Waals surface area contributed by atoms with Crippen molar-refractivity contribution in [2.24, 2.45) is 0 Å². The maximum Gasteiger partial charge on any atom is 0.221 e. The monoisotopic (exact) mass is 372 g/mol. The number of methoxy groups -OCH3 is 1. The molecule has 0 bridgehead atoms. The lowest BCUT2D eigenvalue weighted by Gasteiger charge is -2.13. The Morgan fingerprint density at radius 1 is 1.18 bits per heavy atom. The summed E-state index contributed by atoms with van der Waals surface area (Å²) >= 11 is 0. The molecule has 1 amide bonds. The highest BCUT2D eigenvalue weighted by Crippen LogP contribution is 2.28. The second-order valence-corrected chi connectivity index (χ2v) is 5.87. The number of nitriles is 1. The summed E-state index contributed by atoms with van der Waals surface area (Å²) in [4.78, 5) is 12.3. The average Bonchev–Trinajstić information content (AvgIpc) is 2.74. The van der Waals surface area contributed by atoms with Crippen LogP contribution in [0.1, 0.15) is 29.2 Å². The van der Waals surface area contributed by atoms with Crippen LogP contribution in [0, 0.1) is 36.0 Å². The predicted octanol–water partition coefficient (Wildman–Crippen LogP) is 3.00. The number of rotatable bonds is 8. The van der Waals surface area contributed by atoms with Crippen molar-refractivity contribution in [3.63, 3.8) is 0 Å². The predicted molar refractivity (Wildman–Crippen MR) is 107 cm³/mol. The minimum absolute atomic E-state index is 0.149. The van der Waals surface area contributed by atoms with E-state index < -0.39 is 6.04 Å². The number of carbonyl (C=O) groups excluding carboxylic acids is 1. The van der Waals surface area contributed by atoms with Crippen LogP contribution >= 0.6 is 0 Å². The number of carbonyl (C=O) groups is 1. The third-order valence-electron chi connectivity index (χ3n) is 4.02. The van der Waals surface area contributed by atoms with Crippen molar-refractivity contribution in [2.75, 3.05) is 13.7 Å². The van der Waals surface area contributed by atoms with E-state index in [2.05, 4.69) is 23.2 Å². The molecule has 0 heterocycles. The first-order valence-corrected chi connectivity index (χ1v) is 8.60. The van der Waals surface area contributed by atoms with E-state index in [0.29, 0.717) is 23.5 Å². The molecule has 0 spiro atoms. The van der Waals surface area contributed by atoms with E-state index in [-0.39, 0.29) is 18.9 Å². The molecule has 0 fully saturated rings. The van der Waals surface area contributed by atoms with Gasteiger partial charge in [-0.2, -0.15) is 5.26 Å². The number of nitrogens with zero attached hydrogens (tertiary/aromatic N) is 1. The Bertz CT molecular complexity index is 944. The number of amides is 1. The van der Waals surface area contributed by atoms with Gasteiger partial charge in [-0.15, -0.1) is 12.8 Å². The third kappa shape index (κ3) is 5.56. The van der Waals surface area contributed by atoms with Gasteiger partial charge in [-0.25, -0.2) is 0 Å². The van der Waals surface area contributed by atoms with Gasteiger partial charge in [0, 0.05) is 12.0 Å². The number of terminal acetylenes is 2. The van der Waals surface area contributed by atoms with Gasteiger partial charge in [-0.05, 0) is 41.8 Å². The number of benzene rings is 2. The Hall–Kier alpha value is -3.88. The lowest BCUT2D eigenvalue weighted by Crippen LogP contribution is -2.27. The molecule has 140 valence electrons. The van der Waals surface area contributed by atoms with Gasteiger partial charge in [0.05, 0.1) is 13.2 Å². The van der Waals surface area contributed by atoms with Crippen molar-refractivity contribution < 1.29 is 14.3 Å². The molecule has 1 atom stereocenters. The van der Waals surface area contributed by atoms with Crippen molar-refractivity contribution in [1.29, 1.82) is 5.26 Å². The molecule has 1 N–H and O–H groups in total. The molecular formula is C23H20N2O3. The zero-order valence-corrected chi connectivity index (χ0v) is 15.6. The molecule has 2 rings (SSSR count). The number of nitrogens with one attached hydrogen (secondary N) is 1. The summed E-state index contributed by atoms with van der Waals surface area (Å²) in [6.07, 6.45) is 11.2. The summed E-state index contributed by atoms with van der Waals surface area (Å²) in [5.74, 6) is 5.79. The second-order valence-electron chi connectivity index (χ2n) is 5.87. The summed E-state index contributed by atoms with van der Waals surface area (Å²) in [7, 11) is 1.54. The fraction of sp³-hybridized carbons (Fsp3) is 0.217. The Labute approximate surface area is 165 Å². The maximum atomic E-state index is 12.3. The Balaban J connectivity index is 1.96. The van der Waals surface area contributed by atoms with Crippen molar-refractivity contribution in [3.8, 4) is 42.3 Å². The minimum atomic E-state index is -0.728. The number of hydrogen-bond acceptors (Lipinski definition) is 4. The van der Waals surface area contributed by atoms with Crippen LogP contribution in [0.4, 0.5) is 0 Å². The fourth-order valence-corrected chi connectivity index (χ4v) is 2.56. The number of ether oxygens (including phenoxy) is 2. The molecule has 5 nitrogen and oxygen atoms in total. The second kappa shape index (κ2) is 10.3. The molecule has 0 aromatic heterocycles. The van der Waals surface area contributed by atoms with E-state index in [0.717, 1.165) is 11.1 Å². The maximum absolute atomic E-state index is 12.3. The van der Waals surface area contributed by atoms with Crippen LogP contribution in [0.3, 0.4) is 0 Å². The van der Waals surface area contributed by atoms with Crippen LogP contribution in [0.25, 0.3) is 0 Å². The molecule has 1 unspecified atom stereocenters. The first kappa shape index (κ1) is 20.4. The van der Waals surface area contributed by atoms with Crippen molar-refractivity contribution in [3.05, 3.63) is 59.2 Å². The standard InChI is InChI=1S/C23H20N2O3/c1-4-14-28-21-12-8-18(15-22(21)27-3)9-13-23(26)25-20(16-24)19-10-6-17(5-2)7-11-19/h1-2,6-8,10-12,15,20H,9,13-14H2,3H3,(H,25,26). The largest absolute Gasteiger partial charge is 0.493 e. The molecule has 5 heteroatoms. The molecule has 0 aliphatic rings. The van der Waals surface area contributed by atoms with E-state index >= 15 is 0 Å². The summed E-state index contributed by atoms with van der Waals surface area (Å²) < 4.78 is 10.7. The Morgan fingerprint density at radius 3 is 2.54 bits per heavy atom. The number of aryl methyl sites for hydroxylation is 1. The third-order valence-corrected chi connectivity index (χ3v) is 4.02. The topological polar surface area (TPSA) is 71.3 Å². The fourth-order valence-electron chi connectivity index (χ4n) is 2.56. The van der Waals surface area contributed by atoms with Gasteiger partial charge in [0.2, 0.25) is 5.91 Å². The quantitative estimate of drug-likeness (QED) is 0.723. The SMILES string of the molecule is C#CCOc1ccc(CCC(=O)NC(C#N)c2ccc(C#C)cc2)cc1OC. The lowest BCUT2D eigenvalue weighted by atomic mass is 10.0. The molecule has 0 saturated carbocycles. The molecule has 0 saturated heterocycles. The van der Waals surface area contributed by atoms with Crippen LogP contribution in [-0.2, 0) is 11.2 Å². The Morgan fingerprint density at radius 2 is 1.93 bits per heavy atom. The highest BCUT2D eigenvalue weighted by atomic mass is 16.5. The highest BCUT2D eigenvalue weighted by molar-refractivity contribution is 5.77. The van der Waals surface area contributed by atoms with E-state index in [1.54, 1.807) is 36.4 Å². The molecule has 0 aliphatic heterocycles. The lowest BCUT2D eigenvalue weighted by molar-refractivity contribution is -0.121. The smallest absolute Gasteiger partial charge is 0.221 e. The van der Waals surface area contributed by atoms with Gasteiger partial charge in [0.15, 0.2) is 11.5 Å². The Kier molecular flexibility index (Phi) is 7.53. The van der Waals surface area contributed by atoms with Crippen molar-refractivity contribution >= 4 is 5.91 Å². The molecule has 0 radical (unpaired) electrons. The van der Waals surface area contributed by atoms with Crippen molar-refractivity contribution in [2.45, 2.75) is 18.9 Å². The summed E-state index contributed by atoms with van der Waals surface area (Å²) in [5.41, 5.74) is 2.31. The van der Waals surface area contributed by atoms with Crippen LogP contribution in [0.2, 0.25) is 0 Å². The molecule has 2 aromatic carbocycles. The van der Waals surface area contributed by atoms with Gasteiger partial charge in [-0.3, -0.25) is 4.79 Å². The summed E-state index contributed by atoms with van der Waals surface area (Å²) in [6.45, 7) is 0.149. The van der Waals surface area contributed by atoms with Gasteiger partial charge in [0.25, 0.3) is 0 Å². The van der Waals surface area contributed by atoms with Crippen LogP contribution in [-0.4, -0.2) is 19.6 Å². The highest BCUT2D eigenvalue weighted by Gasteiger charge is 2.14. The van der Waals surface area contributed by atoms with Gasteiger partial charge >= 0.3 is 0 Å². The summed E-state index contributed by atoms with van der Waals surface area (Å²) in [6, 6.07) is 13.7. The van der Waals surface area contributed by atoms with E-state index in [9.17, 15) is 10.1 Å². The first-order valence-electron chi connectivity index (χ1n) is 8.60. The normalized spacial score (nSPS) is 10.6. The van der Waals surface area contributed by atoms with E-state index in [1.807, 2.05) is 6.07 Å². The average molecular weight is 372 g/mol. The zero-order valence-electron chi connectivity index (χ0n) is 15.6. The molecule has 0 aliphatic carbocycles. The molecule has 28 heavy (non-hydrogen) atoms. The van der Waals surface area contributed by atoms with Crippen LogP contribution < -0.4 is 14.8 Å². The minimum Gasteiger partial charge on any atom is -0.493 e. The molecular weight excluding hydrogens is 352 g/mol. The molecule has 2 aromatic rings. The van der Waals surface area contributed by atoms with Crippen LogP contribution in [0.15, 0.2) is 42.5 Å². The van der Waals surface area contributed by atoms with Gasteiger partial charge < -0.3 is 14.8 Å². The van der Waals surface area contributed by atoms with E-state index in [4.69, 9.17) is 22.3 Å².